The Balaban J connectivity index is 1.68. The van der Waals surface area contributed by atoms with E-state index in [0.29, 0.717) is 25.8 Å². The molecule has 1 aliphatic heterocycles. The van der Waals surface area contributed by atoms with E-state index < -0.39 is 0 Å². The van der Waals surface area contributed by atoms with E-state index in [-0.39, 0.29) is 0 Å². The fourth-order valence-corrected chi connectivity index (χ4v) is 4.90. The van der Waals surface area contributed by atoms with Crippen LogP contribution in [0.3, 0.4) is 0 Å². The second-order valence-corrected chi connectivity index (χ2v) is 8.23. The Kier molecular flexibility index (Phi) is 4.34. The van der Waals surface area contributed by atoms with Gasteiger partial charge >= 0.3 is 127 Å². The van der Waals surface area contributed by atoms with Crippen molar-refractivity contribution in [1.82, 2.24) is 0 Å². The van der Waals surface area contributed by atoms with Gasteiger partial charge in [0, 0.05) is 0 Å². The molecule has 1 heterocycles. The van der Waals surface area contributed by atoms with E-state index in [1.54, 1.807) is 0 Å². The van der Waals surface area contributed by atoms with Crippen LogP contribution in [-0.4, -0.2) is 26.7 Å². The summed E-state index contributed by atoms with van der Waals surface area (Å²) in [4.78, 5) is 5.66. The van der Waals surface area contributed by atoms with Crippen molar-refractivity contribution in [2.45, 2.75) is 30.6 Å². The van der Waals surface area contributed by atoms with Crippen LogP contribution >= 0.6 is 0 Å². The average molecular weight is 328 g/mol. The molecule has 0 aliphatic carbocycles. The van der Waals surface area contributed by atoms with Gasteiger partial charge in [-0.25, -0.2) is 0 Å². The summed E-state index contributed by atoms with van der Waals surface area (Å²) in [6, 6.07) is 22.0. The zero-order valence-electron chi connectivity index (χ0n) is 11.7. The van der Waals surface area contributed by atoms with Crippen LogP contribution in [0, 0.1) is 0 Å². The van der Waals surface area contributed by atoms with Gasteiger partial charge < -0.3 is 0 Å². The normalized spacial score (nSPS) is 19.6. The summed E-state index contributed by atoms with van der Waals surface area (Å²) in [6.45, 7) is 2.36. The Morgan fingerprint density at radius 3 is 2.35 bits per heavy atom. The second-order valence-electron chi connectivity index (χ2n) is 5.18. The molecular formula is C18H19NSe. The van der Waals surface area contributed by atoms with Crippen molar-refractivity contribution in [1.29, 1.82) is 0 Å². The van der Waals surface area contributed by atoms with Crippen LogP contribution in [0.1, 0.15) is 25.3 Å². The third kappa shape index (κ3) is 3.20. The number of nitrogens with zero attached hydrogens (tertiary/aromatic N) is 1. The molecule has 0 amide bonds. The zero-order chi connectivity index (χ0) is 13.8. The van der Waals surface area contributed by atoms with Crippen LogP contribution in [0.5, 0.6) is 0 Å². The first-order chi connectivity index (χ1) is 9.83. The molecule has 2 aromatic rings. The first-order valence-corrected chi connectivity index (χ1v) is 9.01. The van der Waals surface area contributed by atoms with Crippen molar-refractivity contribution in [2.24, 2.45) is 4.99 Å². The van der Waals surface area contributed by atoms with Gasteiger partial charge in [0.2, 0.25) is 0 Å². The topological polar surface area (TPSA) is 12.4 Å². The van der Waals surface area contributed by atoms with Crippen molar-refractivity contribution < 1.29 is 0 Å². The van der Waals surface area contributed by atoms with Crippen molar-refractivity contribution in [3.8, 4) is 0 Å². The fourth-order valence-electron chi connectivity index (χ4n) is 2.60. The third-order valence-electron chi connectivity index (χ3n) is 3.71. The first-order valence-electron chi connectivity index (χ1n) is 7.17. The molecule has 0 N–H and O–H groups in total. The van der Waals surface area contributed by atoms with Crippen LogP contribution < -0.4 is 4.46 Å². The molecule has 0 bridgehead atoms. The van der Waals surface area contributed by atoms with E-state index in [9.17, 15) is 0 Å². The molecular weight excluding hydrogens is 309 g/mol. The molecule has 1 aliphatic rings. The molecule has 3 rings (SSSR count). The molecule has 0 spiro atoms. The van der Waals surface area contributed by atoms with Gasteiger partial charge in [-0.3, -0.25) is 0 Å². The maximum absolute atomic E-state index is 4.99. The van der Waals surface area contributed by atoms with Gasteiger partial charge in [-0.05, 0) is 0 Å². The monoisotopic (exact) mass is 329 g/mol. The minimum atomic E-state index is 0.505. The zero-order valence-corrected chi connectivity index (χ0v) is 13.4. The molecule has 2 heteroatoms. The predicted octanol–water partition coefficient (Wildman–Crippen LogP) is 3.48. The molecule has 0 radical (unpaired) electrons. The second kappa shape index (κ2) is 6.39. The van der Waals surface area contributed by atoms with E-state index in [0.717, 1.165) is 6.42 Å². The van der Waals surface area contributed by atoms with Gasteiger partial charge in [0.15, 0.2) is 0 Å². The van der Waals surface area contributed by atoms with Crippen molar-refractivity contribution >= 4 is 25.1 Å². The van der Waals surface area contributed by atoms with E-state index in [1.807, 2.05) is 0 Å². The predicted molar refractivity (Wildman–Crippen MR) is 87.3 cm³/mol. The van der Waals surface area contributed by atoms with Crippen LogP contribution in [0.15, 0.2) is 65.7 Å². The van der Waals surface area contributed by atoms with E-state index in [2.05, 4.69) is 67.6 Å². The maximum atomic E-state index is 4.99. The van der Waals surface area contributed by atoms with Crippen molar-refractivity contribution in [3.63, 3.8) is 0 Å². The summed E-state index contributed by atoms with van der Waals surface area (Å²) in [5, 5.41) is 0. The summed E-state index contributed by atoms with van der Waals surface area (Å²) in [5.41, 5.74) is 2.60. The van der Waals surface area contributed by atoms with E-state index >= 15 is 0 Å². The Labute approximate surface area is 127 Å². The molecule has 0 fully saturated rings. The summed E-state index contributed by atoms with van der Waals surface area (Å²) in [6.07, 6.45) is 2.34. The molecule has 102 valence electrons. The molecule has 2 atom stereocenters. The molecule has 1 nitrogen and oxygen atoms in total. The minimum absolute atomic E-state index is 0.505. The summed E-state index contributed by atoms with van der Waals surface area (Å²) in [7, 11) is 0. The van der Waals surface area contributed by atoms with Crippen molar-refractivity contribution in [3.05, 3.63) is 66.2 Å². The molecule has 2 aromatic carbocycles. The first kappa shape index (κ1) is 13.6. The van der Waals surface area contributed by atoms with Gasteiger partial charge in [0.05, 0.1) is 0 Å². The van der Waals surface area contributed by atoms with E-state index in [1.165, 1.54) is 22.2 Å². The Morgan fingerprint density at radius 2 is 1.65 bits per heavy atom. The SMILES string of the molecule is CC([Se]c1ccccc1)C1CCC(c2ccccc2)=N1. The van der Waals surface area contributed by atoms with Gasteiger partial charge in [-0.2, -0.15) is 0 Å². The average Bonchev–Trinajstić information content (AvgIpc) is 2.99. The van der Waals surface area contributed by atoms with Gasteiger partial charge in [-0.15, -0.1) is 0 Å². The van der Waals surface area contributed by atoms with Gasteiger partial charge in [-0.1, -0.05) is 0 Å². The van der Waals surface area contributed by atoms with E-state index in [4.69, 9.17) is 4.99 Å². The van der Waals surface area contributed by atoms with Gasteiger partial charge in [0.25, 0.3) is 0 Å². The number of hydrogen-bond acceptors (Lipinski definition) is 1. The summed E-state index contributed by atoms with van der Waals surface area (Å²) < 4.78 is 1.48. The summed E-state index contributed by atoms with van der Waals surface area (Å²) in [5.74, 6) is 0. The Hall–Kier alpha value is -1.37. The fraction of sp³-hybridized carbons (Fsp3) is 0.278. The van der Waals surface area contributed by atoms with Crippen LogP contribution in [0.2, 0.25) is 4.82 Å². The van der Waals surface area contributed by atoms with Crippen LogP contribution in [0.4, 0.5) is 0 Å². The van der Waals surface area contributed by atoms with Crippen molar-refractivity contribution in [2.75, 3.05) is 0 Å². The van der Waals surface area contributed by atoms with Crippen LogP contribution in [-0.2, 0) is 0 Å². The molecule has 0 saturated carbocycles. The van der Waals surface area contributed by atoms with Crippen LogP contribution in [0.25, 0.3) is 0 Å². The number of rotatable bonds is 4. The quantitative estimate of drug-likeness (QED) is 0.762. The standard InChI is InChI=1S/C18H19NSe/c1-14(20-16-10-6-3-7-11-16)17-12-13-18(19-17)15-8-4-2-5-9-15/h2-11,14,17H,12-13H2,1H3. The van der Waals surface area contributed by atoms with Gasteiger partial charge in [0.1, 0.15) is 0 Å². The molecule has 2 unspecified atom stereocenters. The number of benzene rings is 2. The number of hydrogen-bond donors (Lipinski definition) is 0. The molecule has 0 saturated heterocycles. The molecule has 20 heavy (non-hydrogen) atoms. The molecule has 0 aromatic heterocycles. The third-order valence-corrected chi connectivity index (χ3v) is 6.29. The Morgan fingerprint density at radius 1 is 1.00 bits per heavy atom. The number of aliphatic imine (C=N–C) groups is 1. The summed E-state index contributed by atoms with van der Waals surface area (Å²) >= 11 is 0.515. The Bertz CT molecular complexity index is 577.